The molecule has 0 saturated carbocycles. The Hall–Kier alpha value is -3.54. The summed E-state index contributed by atoms with van der Waals surface area (Å²) in [4.78, 5) is 16.2. The molecule has 0 aliphatic heterocycles. The van der Waals surface area contributed by atoms with Gasteiger partial charge in [0.25, 0.3) is 5.91 Å². The lowest BCUT2D eigenvalue weighted by Gasteiger charge is -2.11. The minimum Gasteiger partial charge on any atom is -0.497 e. The summed E-state index contributed by atoms with van der Waals surface area (Å²) < 4.78 is 16.5. The molecule has 0 bridgehead atoms. The van der Waals surface area contributed by atoms with E-state index >= 15 is 0 Å². The number of carbonyl (C=O) groups is 1. The summed E-state index contributed by atoms with van der Waals surface area (Å²) in [5, 5.41) is 2.58. The molecule has 0 spiro atoms. The summed E-state index contributed by atoms with van der Waals surface area (Å²) in [7, 11) is 4.81. The van der Waals surface area contributed by atoms with Crippen LogP contribution >= 0.6 is 0 Å². The summed E-state index contributed by atoms with van der Waals surface area (Å²) in [6, 6.07) is 18.6. The van der Waals surface area contributed by atoms with E-state index in [0.29, 0.717) is 35.2 Å². The summed E-state index contributed by atoms with van der Waals surface area (Å²) in [5.41, 5.74) is 2.87. The molecule has 0 aliphatic carbocycles. The van der Waals surface area contributed by atoms with Crippen LogP contribution in [0.1, 0.15) is 16.1 Å². The molecule has 3 rings (SSSR count). The number of ether oxygens (including phenoxy) is 3. The third-order valence-corrected chi connectivity index (χ3v) is 4.16. The number of amides is 1. The van der Waals surface area contributed by atoms with Crippen LogP contribution in [0.3, 0.4) is 0 Å². The molecular formula is C22H22N2O4. The van der Waals surface area contributed by atoms with Crippen molar-refractivity contribution < 1.29 is 19.0 Å². The Kier molecular flexibility index (Phi) is 6.11. The molecule has 28 heavy (non-hydrogen) atoms. The average molecular weight is 378 g/mol. The molecule has 0 aliphatic rings. The van der Waals surface area contributed by atoms with E-state index < -0.39 is 0 Å². The van der Waals surface area contributed by atoms with Crippen LogP contribution in [0.4, 0.5) is 0 Å². The molecular weight excluding hydrogens is 356 g/mol. The first-order valence-corrected chi connectivity index (χ1v) is 8.77. The van der Waals surface area contributed by atoms with Gasteiger partial charge in [-0.25, -0.2) is 4.98 Å². The van der Waals surface area contributed by atoms with Crippen LogP contribution in [0.2, 0.25) is 0 Å². The Bertz CT molecular complexity index is 950. The van der Waals surface area contributed by atoms with Crippen molar-refractivity contribution >= 4 is 5.91 Å². The molecule has 3 aromatic rings. The van der Waals surface area contributed by atoms with Crippen LogP contribution < -0.4 is 19.5 Å². The van der Waals surface area contributed by atoms with E-state index in [1.807, 2.05) is 54.6 Å². The van der Waals surface area contributed by atoms with Crippen LogP contribution in [0.5, 0.6) is 17.2 Å². The van der Waals surface area contributed by atoms with Crippen molar-refractivity contribution in [2.24, 2.45) is 0 Å². The molecule has 1 N–H and O–H groups in total. The minimum atomic E-state index is -0.221. The molecule has 0 atom stereocenters. The van der Waals surface area contributed by atoms with Crippen molar-refractivity contribution in [3.63, 3.8) is 0 Å². The van der Waals surface area contributed by atoms with Gasteiger partial charge in [-0.3, -0.25) is 4.79 Å². The van der Waals surface area contributed by atoms with Gasteiger partial charge in [-0.05, 0) is 42.0 Å². The summed E-state index contributed by atoms with van der Waals surface area (Å²) in [6.07, 6.45) is 0. The molecule has 0 fully saturated rings. The summed E-state index contributed by atoms with van der Waals surface area (Å²) >= 11 is 0. The molecule has 1 amide bonds. The van der Waals surface area contributed by atoms with Crippen molar-refractivity contribution in [1.82, 2.24) is 10.3 Å². The Morgan fingerprint density at radius 3 is 2.32 bits per heavy atom. The zero-order valence-electron chi connectivity index (χ0n) is 16.1. The van der Waals surface area contributed by atoms with Gasteiger partial charge >= 0.3 is 0 Å². The third-order valence-electron chi connectivity index (χ3n) is 4.16. The van der Waals surface area contributed by atoms with E-state index in [2.05, 4.69) is 10.3 Å². The maximum Gasteiger partial charge on any atom is 0.269 e. The first-order valence-electron chi connectivity index (χ1n) is 8.77. The quantitative estimate of drug-likeness (QED) is 0.679. The summed E-state index contributed by atoms with van der Waals surface area (Å²) in [5.74, 6) is 1.90. The van der Waals surface area contributed by atoms with E-state index in [1.54, 1.807) is 27.3 Å². The van der Waals surface area contributed by atoms with Crippen molar-refractivity contribution in [1.29, 1.82) is 0 Å². The predicted octanol–water partition coefficient (Wildman–Crippen LogP) is 3.70. The van der Waals surface area contributed by atoms with Crippen LogP contribution in [-0.4, -0.2) is 32.2 Å². The van der Waals surface area contributed by atoms with Crippen molar-refractivity contribution in [2.75, 3.05) is 21.3 Å². The summed E-state index contributed by atoms with van der Waals surface area (Å²) in [6.45, 7) is 0.364. The molecule has 2 aromatic carbocycles. The van der Waals surface area contributed by atoms with E-state index in [-0.39, 0.29) is 5.91 Å². The number of benzene rings is 2. The van der Waals surface area contributed by atoms with E-state index in [0.717, 1.165) is 11.1 Å². The van der Waals surface area contributed by atoms with Gasteiger partial charge in [0.15, 0.2) is 0 Å². The van der Waals surface area contributed by atoms with Crippen molar-refractivity contribution in [3.05, 3.63) is 71.9 Å². The molecule has 6 heteroatoms. The zero-order valence-corrected chi connectivity index (χ0v) is 16.1. The lowest BCUT2D eigenvalue weighted by molar-refractivity contribution is 0.0958. The monoisotopic (exact) mass is 378 g/mol. The smallest absolute Gasteiger partial charge is 0.269 e. The molecule has 144 valence electrons. The molecule has 0 radical (unpaired) electrons. The number of pyridine rings is 1. The van der Waals surface area contributed by atoms with E-state index in [4.69, 9.17) is 14.2 Å². The highest BCUT2D eigenvalue weighted by Crippen LogP contribution is 2.26. The molecule has 1 aromatic heterocycles. The first kappa shape index (κ1) is 19.2. The standard InChI is InChI=1S/C22H22N2O4/c1-23-22(25)21-9-5-8-20(24-21)16-6-4-7-17(12-16)28-14-15-10-18(26-2)13-19(11-15)27-3/h4-13H,14H2,1-3H3,(H,23,25). The van der Waals surface area contributed by atoms with Gasteiger partial charge in [0.05, 0.1) is 19.9 Å². The number of nitrogens with one attached hydrogen (secondary N) is 1. The lowest BCUT2D eigenvalue weighted by atomic mass is 10.1. The van der Waals surface area contributed by atoms with Gasteiger partial charge in [-0.1, -0.05) is 18.2 Å². The second-order valence-corrected chi connectivity index (χ2v) is 6.02. The molecule has 1 heterocycles. The number of carbonyl (C=O) groups excluding carboxylic acids is 1. The van der Waals surface area contributed by atoms with Gasteiger partial charge in [-0.2, -0.15) is 0 Å². The molecule has 0 saturated heterocycles. The van der Waals surface area contributed by atoms with Crippen LogP contribution in [0.15, 0.2) is 60.7 Å². The van der Waals surface area contributed by atoms with Crippen LogP contribution in [0.25, 0.3) is 11.3 Å². The Labute approximate surface area is 164 Å². The largest absolute Gasteiger partial charge is 0.497 e. The number of hydrogen-bond acceptors (Lipinski definition) is 5. The number of rotatable bonds is 7. The first-order chi connectivity index (χ1) is 13.6. The van der Waals surface area contributed by atoms with Crippen LogP contribution in [-0.2, 0) is 6.61 Å². The maximum atomic E-state index is 11.8. The number of hydrogen-bond donors (Lipinski definition) is 1. The van der Waals surface area contributed by atoms with Crippen molar-refractivity contribution in [2.45, 2.75) is 6.61 Å². The number of aromatic nitrogens is 1. The topological polar surface area (TPSA) is 69.7 Å². The molecule has 0 unspecified atom stereocenters. The fraction of sp³-hybridized carbons (Fsp3) is 0.182. The maximum absolute atomic E-state index is 11.8. The lowest BCUT2D eigenvalue weighted by Crippen LogP contribution is -2.19. The number of methoxy groups -OCH3 is 2. The highest BCUT2D eigenvalue weighted by Gasteiger charge is 2.08. The van der Waals surface area contributed by atoms with Gasteiger partial charge in [0, 0.05) is 18.7 Å². The fourth-order valence-corrected chi connectivity index (χ4v) is 2.71. The van der Waals surface area contributed by atoms with E-state index in [1.165, 1.54) is 0 Å². The van der Waals surface area contributed by atoms with E-state index in [9.17, 15) is 4.79 Å². The zero-order chi connectivity index (χ0) is 19.9. The fourth-order valence-electron chi connectivity index (χ4n) is 2.71. The highest BCUT2D eigenvalue weighted by molar-refractivity contribution is 5.92. The van der Waals surface area contributed by atoms with Gasteiger partial charge < -0.3 is 19.5 Å². The minimum absolute atomic E-state index is 0.221. The third kappa shape index (κ3) is 4.59. The van der Waals surface area contributed by atoms with Gasteiger partial charge in [0.2, 0.25) is 0 Å². The predicted molar refractivity (Wildman–Crippen MR) is 107 cm³/mol. The molecule has 6 nitrogen and oxygen atoms in total. The number of nitrogens with zero attached hydrogens (tertiary/aromatic N) is 1. The van der Waals surface area contributed by atoms with Gasteiger partial charge in [0.1, 0.15) is 29.5 Å². The van der Waals surface area contributed by atoms with Gasteiger partial charge in [-0.15, -0.1) is 0 Å². The average Bonchev–Trinajstić information content (AvgIpc) is 2.77. The highest BCUT2D eigenvalue weighted by atomic mass is 16.5. The normalized spacial score (nSPS) is 10.2. The Morgan fingerprint density at radius 1 is 0.929 bits per heavy atom. The van der Waals surface area contributed by atoms with Crippen LogP contribution in [0, 0.1) is 0 Å². The Morgan fingerprint density at radius 2 is 1.64 bits per heavy atom. The van der Waals surface area contributed by atoms with Crippen molar-refractivity contribution in [3.8, 4) is 28.5 Å². The Balaban J connectivity index is 1.78. The SMILES string of the molecule is CNC(=O)c1cccc(-c2cccc(OCc3cc(OC)cc(OC)c3)c2)n1. The second kappa shape index (κ2) is 8.90. The second-order valence-electron chi connectivity index (χ2n) is 6.02.